The van der Waals surface area contributed by atoms with E-state index in [4.69, 9.17) is 11.7 Å². The molecule has 0 aliphatic carbocycles. The molecule has 0 radical (unpaired) electrons. The number of hydrazone groups is 1. The van der Waals surface area contributed by atoms with Crippen LogP contribution in [0.15, 0.2) is 29.4 Å². The molecule has 0 atom stereocenters. The first-order chi connectivity index (χ1) is 6.27. The first kappa shape index (κ1) is 9.21. The van der Waals surface area contributed by atoms with Gasteiger partial charge in [-0.25, -0.2) is 5.84 Å². The van der Waals surface area contributed by atoms with Crippen LogP contribution < -0.4 is 17.1 Å². The quantitative estimate of drug-likeness (QED) is 0.248. The van der Waals surface area contributed by atoms with Crippen molar-refractivity contribution < 1.29 is 4.79 Å². The normalized spacial score (nSPS) is 10.2. The topological polar surface area (TPSA) is 93.5 Å². The number of nitrogens with zero attached hydrogens (tertiary/aromatic N) is 1. The number of benzene rings is 1. The van der Waals surface area contributed by atoms with E-state index in [-0.39, 0.29) is 5.91 Å². The Hall–Kier alpha value is -1.88. The maximum absolute atomic E-state index is 11.0. The van der Waals surface area contributed by atoms with Crippen molar-refractivity contribution in [2.45, 2.75) is 0 Å². The van der Waals surface area contributed by atoms with E-state index in [2.05, 4.69) is 5.10 Å². The van der Waals surface area contributed by atoms with Gasteiger partial charge in [0.1, 0.15) is 0 Å². The van der Waals surface area contributed by atoms with E-state index >= 15 is 0 Å². The number of hydrogen-bond donors (Lipinski definition) is 3. The number of nitrogen functional groups attached to an aromatic ring is 1. The predicted molar refractivity (Wildman–Crippen MR) is 49.9 cm³/mol. The number of carbonyl (C=O) groups is 1. The van der Waals surface area contributed by atoms with Gasteiger partial charge < -0.3 is 5.84 Å². The molecule has 0 unspecified atom stereocenters. The van der Waals surface area contributed by atoms with Crippen molar-refractivity contribution in [2.24, 2.45) is 16.8 Å². The molecule has 5 N–H and O–H groups in total. The second kappa shape index (κ2) is 4.22. The van der Waals surface area contributed by atoms with Crippen LogP contribution in [0.3, 0.4) is 0 Å². The number of hydrazine groups is 1. The highest BCUT2D eigenvalue weighted by Crippen LogP contribution is 2.01. The van der Waals surface area contributed by atoms with Gasteiger partial charge in [0.05, 0.1) is 6.21 Å². The molecule has 5 nitrogen and oxygen atoms in total. The largest absolute Gasteiger partial charge is 0.323 e. The number of amides is 1. The van der Waals surface area contributed by atoms with Crippen molar-refractivity contribution in [1.82, 2.24) is 5.43 Å². The molecule has 5 heteroatoms. The van der Waals surface area contributed by atoms with Gasteiger partial charge in [0, 0.05) is 5.56 Å². The van der Waals surface area contributed by atoms with Crippen LogP contribution in [0.2, 0.25) is 0 Å². The summed E-state index contributed by atoms with van der Waals surface area (Å²) in [6.07, 6.45) is 1.49. The SMILES string of the molecule is N/N=C\c1ccc(C(=O)NN)cc1. The zero-order valence-corrected chi connectivity index (χ0v) is 6.90. The highest BCUT2D eigenvalue weighted by atomic mass is 16.2. The zero-order valence-electron chi connectivity index (χ0n) is 6.90. The maximum atomic E-state index is 11.0. The summed E-state index contributed by atoms with van der Waals surface area (Å²) in [4.78, 5) is 11.0. The Morgan fingerprint density at radius 2 is 2.00 bits per heavy atom. The van der Waals surface area contributed by atoms with Gasteiger partial charge in [-0.15, -0.1) is 0 Å². The summed E-state index contributed by atoms with van der Waals surface area (Å²) in [5, 5.41) is 3.35. The molecular formula is C8H10N4O. The number of carbonyl (C=O) groups excluding carboxylic acids is 1. The van der Waals surface area contributed by atoms with Gasteiger partial charge in [0.2, 0.25) is 0 Å². The molecule has 0 fully saturated rings. The number of nitrogens with one attached hydrogen (secondary N) is 1. The van der Waals surface area contributed by atoms with Gasteiger partial charge in [-0.1, -0.05) is 12.1 Å². The zero-order chi connectivity index (χ0) is 9.68. The fraction of sp³-hybridized carbons (Fsp3) is 0. The summed E-state index contributed by atoms with van der Waals surface area (Å²) in [6, 6.07) is 6.72. The van der Waals surface area contributed by atoms with E-state index in [1.54, 1.807) is 24.3 Å². The van der Waals surface area contributed by atoms with Crippen molar-refractivity contribution in [3.63, 3.8) is 0 Å². The molecule has 0 aromatic heterocycles. The summed E-state index contributed by atoms with van der Waals surface area (Å²) in [5.74, 6) is 9.59. The molecule has 13 heavy (non-hydrogen) atoms. The van der Waals surface area contributed by atoms with E-state index < -0.39 is 0 Å². The van der Waals surface area contributed by atoms with Crippen molar-refractivity contribution in [2.75, 3.05) is 0 Å². The van der Waals surface area contributed by atoms with Gasteiger partial charge in [0.15, 0.2) is 0 Å². The Kier molecular flexibility index (Phi) is 2.99. The highest BCUT2D eigenvalue weighted by molar-refractivity contribution is 5.94. The molecule has 0 aliphatic rings. The molecule has 0 saturated carbocycles. The lowest BCUT2D eigenvalue weighted by molar-refractivity contribution is 0.0953. The molecule has 0 aliphatic heterocycles. The van der Waals surface area contributed by atoms with Crippen molar-refractivity contribution in [3.05, 3.63) is 35.4 Å². The van der Waals surface area contributed by atoms with Gasteiger partial charge in [-0.05, 0) is 17.7 Å². The lowest BCUT2D eigenvalue weighted by Crippen LogP contribution is -2.29. The van der Waals surface area contributed by atoms with Crippen LogP contribution in [0, 0.1) is 0 Å². The summed E-state index contributed by atoms with van der Waals surface area (Å²) in [5.41, 5.74) is 3.36. The molecule has 0 spiro atoms. The fourth-order valence-electron chi connectivity index (χ4n) is 0.890. The van der Waals surface area contributed by atoms with Crippen LogP contribution in [0.1, 0.15) is 15.9 Å². The second-order valence-electron chi connectivity index (χ2n) is 2.37. The average Bonchev–Trinajstić information content (AvgIpc) is 2.18. The first-order valence-electron chi connectivity index (χ1n) is 3.62. The Morgan fingerprint density at radius 3 is 2.46 bits per heavy atom. The summed E-state index contributed by atoms with van der Waals surface area (Å²) < 4.78 is 0. The van der Waals surface area contributed by atoms with Gasteiger partial charge in [-0.3, -0.25) is 10.2 Å². The van der Waals surface area contributed by atoms with Crippen LogP contribution in [0.5, 0.6) is 0 Å². The molecule has 1 rings (SSSR count). The van der Waals surface area contributed by atoms with Crippen LogP contribution >= 0.6 is 0 Å². The van der Waals surface area contributed by atoms with Gasteiger partial charge >= 0.3 is 0 Å². The van der Waals surface area contributed by atoms with E-state index in [0.717, 1.165) is 5.56 Å². The van der Waals surface area contributed by atoms with E-state index in [0.29, 0.717) is 5.56 Å². The number of rotatable bonds is 2. The molecule has 68 valence electrons. The van der Waals surface area contributed by atoms with Gasteiger partial charge in [0.25, 0.3) is 5.91 Å². The van der Waals surface area contributed by atoms with Crippen LogP contribution in [-0.2, 0) is 0 Å². The molecular weight excluding hydrogens is 168 g/mol. The van der Waals surface area contributed by atoms with Crippen molar-refractivity contribution in [3.8, 4) is 0 Å². The van der Waals surface area contributed by atoms with E-state index in [1.807, 2.05) is 5.43 Å². The van der Waals surface area contributed by atoms with Crippen molar-refractivity contribution >= 4 is 12.1 Å². The Bertz CT molecular complexity index is 317. The predicted octanol–water partition coefficient (Wildman–Crippen LogP) is -0.417. The molecule has 1 aromatic carbocycles. The molecule has 0 bridgehead atoms. The van der Waals surface area contributed by atoms with Crippen LogP contribution in [0.4, 0.5) is 0 Å². The Morgan fingerprint density at radius 1 is 1.38 bits per heavy atom. The first-order valence-corrected chi connectivity index (χ1v) is 3.62. The number of hydrogen-bond acceptors (Lipinski definition) is 4. The van der Waals surface area contributed by atoms with Crippen LogP contribution in [0.25, 0.3) is 0 Å². The minimum absolute atomic E-state index is 0.323. The monoisotopic (exact) mass is 178 g/mol. The summed E-state index contributed by atoms with van der Waals surface area (Å²) >= 11 is 0. The average molecular weight is 178 g/mol. The molecule has 1 aromatic rings. The summed E-state index contributed by atoms with van der Waals surface area (Å²) in [7, 11) is 0. The molecule has 1 amide bonds. The third kappa shape index (κ3) is 2.28. The summed E-state index contributed by atoms with van der Waals surface area (Å²) in [6.45, 7) is 0. The Labute approximate surface area is 75.4 Å². The second-order valence-corrected chi connectivity index (χ2v) is 2.37. The third-order valence-corrected chi connectivity index (χ3v) is 1.53. The Balaban J connectivity index is 2.87. The van der Waals surface area contributed by atoms with Crippen LogP contribution in [-0.4, -0.2) is 12.1 Å². The van der Waals surface area contributed by atoms with Gasteiger partial charge in [-0.2, -0.15) is 5.10 Å². The number of nitrogens with two attached hydrogens (primary N) is 2. The maximum Gasteiger partial charge on any atom is 0.265 e. The molecule has 0 heterocycles. The lowest BCUT2D eigenvalue weighted by atomic mass is 10.1. The van der Waals surface area contributed by atoms with E-state index in [1.165, 1.54) is 6.21 Å². The standard InChI is InChI=1S/C8H10N4O/c9-11-5-6-1-3-7(4-2-6)8(13)12-10/h1-5H,9-10H2,(H,12,13)/b11-5-. The van der Waals surface area contributed by atoms with E-state index in [9.17, 15) is 4.79 Å². The lowest BCUT2D eigenvalue weighted by Gasteiger charge is -1.98. The highest BCUT2D eigenvalue weighted by Gasteiger charge is 2.00. The molecule has 0 saturated heterocycles. The fourth-order valence-corrected chi connectivity index (χ4v) is 0.890. The minimum Gasteiger partial charge on any atom is -0.323 e. The smallest absolute Gasteiger partial charge is 0.265 e. The van der Waals surface area contributed by atoms with Crippen molar-refractivity contribution in [1.29, 1.82) is 0 Å². The minimum atomic E-state index is -0.323. The third-order valence-electron chi connectivity index (χ3n) is 1.53.